The maximum Gasteiger partial charge on any atom is 0.290 e. The van der Waals surface area contributed by atoms with Crippen LogP contribution in [0.3, 0.4) is 0 Å². The van der Waals surface area contributed by atoms with Crippen LogP contribution < -0.4 is 10.2 Å². The van der Waals surface area contributed by atoms with Crippen molar-refractivity contribution in [2.45, 2.75) is 12.8 Å². The average molecular weight is 467 g/mol. The number of piperazine rings is 1. The van der Waals surface area contributed by atoms with Crippen molar-refractivity contribution < 1.29 is 25.7 Å². The number of fused-ring (bicyclic) bond motifs is 2. The maximum atomic E-state index is 11.7. The fraction of sp³-hybridized carbons (Fsp3) is 0.318. The van der Waals surface area contributed by atoms with Gasteiger partial charge in [0.2, 0.25) is 5.91 Å². The molecule has 31 heavy (non-hydrogen) atoms. The van der Waals surface area contributed by atoms with Crippen molar-refractivity contribution in [3.8, 4) is 0 Å². The molecule has 2 N–H and O–H groups in total. The second-order valence-electron chi connectivity index (χ2n) is 6.62. The highest BCUT2D eigenvalue weighted by Crippen LogP contribution is 2.31. The largest absolute Gasteiger partial charge is 0.483 e. The lowest BCUT2D eigenvalue weighted by Crippen LogP contribution is -2.47. The van der Waals surface area contributed by atoms with Gasteiger partial charge in [-0.1, -0.05) is 29.8 Å². The molecular formula is C22H23ClN4O3S. The van der Waals surface area contributed by atoms with Gasteiger partial charge < -0.3 is 15.3 Å². The molecule has 1 saturated heterocycles. The van der Waals surface area contributed by atoms with Gasteiger partial charge in [-0.2, -0.15) is 4.37 Å². The summed E-state index contributed by atoms with van der Waals surface area (Å²) in [7, 11) is 0. The second kappa shape index (κ2) is 9.64. The van der Waals surface area contributed by atoms with E-state index in [2.05, 4.69) is 9.69 Å². The molecule has 0 bridgehead atoms. The second-order valence-corrected chi connectivity index (χ2v) is 7.83. The third kappa shape index (κ3) is 4.81. The number of amides is 1. The number of anilines is 2. The first-order chi connectivity index (χ1) is 18.1. The molecule has 2 aliphatic rings. The van der Waals surface area contributed by atoms with Crippen LogP contribution in [-0.2, 0) is 22.4 Å². The summed E-state index contributed by atoms with van der Waals surface area (Å²) in [6.45, 7) is -12.6. The predicted octanol–water partition coefficient (Wildman–Crippen LogP) is 3.51. The molecule has 0 unspecified atom stereocenters. The van der Waals surface area contributed by atoms with Crippen LogP contribution in [0.15, 0.2) is 36.4 Å². The highest BCUT2D eigenvalue weighted by Gasteiger charge is 2.22. The third-order valence-electron chi connectivity index (χ3n) is 4.67. The number of hydrogen-bond acceptors (Lipinski definition) is 6. The molecule has 5 rings (SSSR count). The number of carbonyl (C=O) groups excluding carboxylic acids is 1. The molecule has 0 aliphatic carbocycles. The van der Waals surface area contributed by atoms with E-state index in [4.69, 9.17) is 32.5 Å². The SMILES string of the molecule is O=CO.[2H]C1([2H])N(CCc2cc3c(cc2Cl)NC(=O)C3)C([2H])([2H])C([2H])([2H])N(c2nsc3ccccc23)C1([2H])[2H]. The number of carboxylic acid groups (broad SMARTS) is 1. The van der Waals surface area contributed by atoms with Gasteiger partial charge in [0.1, 0.15) is 5.82 Å². The molecule has 162 valence electrons. The molecule has 0 atom stereocenters. The van der Waals surface area contributed by atoms with E-state index in [1.165, 1.54) is 0 Å². The van der Waals surface area contributed by atoms with Crippen LogP contribution in [0, 0.1) is 0 Å². The zero-order valence-corrected chi connectivity index (χ0v) is 17.6. The summed E-state index contributed by atoms with van der Waals surface area (Å²) >= 11 is 7.35. The first-order valence-corrected chi connectivity index (χ1v) is 10.4. The molecule has 1 fully saturated rings. The molecule has 7 nitrogen and oxygen atoms in total. The van der Waals surface area contributed by atoms with Gasteiger partial charge in [0, 0.05) is 54.1 Å². The standard InChI is InChI=1S/C21H21ClN4OS.CH2O2/c22-17-13-18-15(12-20(27)23-18)11-14(17)5-6-25-7-9-26(10-8-25)21-16-3-1-2-4-19(16)28-24-21;2-1-3/h1-4,11,13H,5-10,12H2,(H,23,27);1H,(H,2,3)/i7D2,8D2,9D2,10D2;. The molecule has 9 heteroatoms. The predicted molar refractivity (Wildman–Crippen MR) is 124 cm³/mol. The lowest BCUT2D eigenvalue weighted by Gasteiger charge is -2.35. The van der Waals surface area contributed by atoms with Gasteiger partial charge in [0.05, 0.1) is 16.6 Å². The minimum Gasteiger partial charge on any atom is -0.483 e. The summed E-state index contributed by atoms with van der Waals surface area (Å²) in [5, 5.41) is 10.3. The number of benzene rings is 2. The maximum absolute atomic E-state index is 11.7. The number of nitrogens with zero attached hydrogens (tertiary/aromatic N) is 3. The van der Waals surface area contributed by atoms with Crippen molar-refractivity contribution >= 4 is 57.1 Å². The van der Waals surface area contributed by atoms with Crippen molar-refractivity contribution in [2.75, 3.05) is 42.7 Å². The molecule has 2 aliphatic heterocycles. The van der Waals surface area contributed by atoms with E-state index < -0.39 is 26.0 Å². The zero-order chi connectivity index (χ0) is 29.0. The molecule has 0 saturated carbocycles. The Hall–Kier alpha value is -2.68. The highest BCUT2D eigenvalue weighted by molar-refractivity contribution is 7.13. The lowest BCUT2D eigenvalue weighted by atomic mass is 10.1. The number of halogens is 1. The van der Waals surface area contributed by atoms with E-state index in [9.17, 15) is 4.79 Å². The first kappa shape index (κ1) is 13.7. The van der Waals surface area contributed by atoms with E-state index in [0.717, 1.165) is 11.5 Å². The summed E-state index contributed by atoms with van der Waals surface area (Å²) in [6, 6.07) is 10.0. The normalized spacial score (nSPS) is 26.2. The molecule has 2 aromatic carbocycles. The Morgan fingerprint density at radius 2 is 2.00 bits per heavy atom. The van der Waals surface area contributed by atoms with Gasteiger partial charge in [-0.3, -0.25) is 14.5 Å². The smallest absolute Gasteiger partial charge is 0.290 e. The Bertz CT molecular complexity index is 1410. The summed E-state index contributed by atoms with van der Waals surface area (Å²) in [4.78, 5) is 21.1. The molecule has 0 spiro atoms. The fourth-order valence-corrected chi connectivity index (χ4v) is 4.27. The number of carbonyl (C=O) groups is 2. The van der Waals surface area contributed by atoms with Gasteiger partial charge in [0.15, 0.2) is 0 Å². The van der Waals surface area contributed by atoms with E-state index >= 15 is 0 Å². The van der Waals surface area contributed by atoms with Crippen molar-refractivity contribution in [1.29, 1.82) is 0 Å². The molecule has 1 amide bonds. The molecule has 3 aromatic rings. The summed E-state index contributed by atoms with van der Waals surface area (Å²) in [5.74, 6) is -0.338. The van der Waals surface area contributed by atoms with Crippen LogP contribution in [0.4, 0.5) is 11.5 Å². The van der Waals surface area contributed by atoms with Crippen LogP contribution in [0.2, 0.25) is 5.02 Å². The van der Waals surface area contributed by atoms with Crippen molar-refractivity contribution in [2.24, 2.45) is 0 Å². The van der Waals surface area contributed by atoms with Crippen LogP contribution in [0.25, 0.3) is 10.1 Å². The van der Waals surface area contributed by atoms with Crippen LogP contribution >= 0.6 is 23.1 Å². The van der Waals surface area contributed by atoms with E-state index in [1.807, 2.05) is 0 Å². The summed E-state index contributed by atoms with van der Waals surface area (Å²) < 4.78 is 74.4. The van der Waals surface area contributed by atoms with Crippen LogP contribution in [0.5, 0.6) is 0 Å². The van der Waals surface area contributed by atoms with Crippen LogP contribution in [-0.4, -0.2) is 59.3 Å². The number of aromatic nitrogens is 1. The lowest BCUT2D eigenvalue weighted by molar-refractivity contribution is -0.123. The van der Waals surface area contributed by atoms with Gasteiger partial charge in [-0.05, 0) is 47.3 Å². The Morgan fingerprint density at radius 1 is 1.26 bits per heavy atom. The van der Waals surface area contributed by atoms with E-state index in [-0.39, 0.29) is 42.6 Å². The van der Waals surface area contributed by atoms with Crippen LogP contribution in [0.1, 0.15) is 22.1 Å². The minimum atomic E-state index is -3.00. The highest BCUT2D eigenvalue weighted by atomic mass is 35.5. The van der Waals surface area contributed by atoms with Crippen molar-refractivity contribution in [1.82, 2.24) is 9.27 Å². The fourth-order valence-electron chi connectivity index (χ4n) is 3.25. The van der Waals surface area contributed by atoms with Gasteiger partial charge in [0.25, 0.3) is 6.47 Å². The molecule has 3 heterocycles. The average Bonchev–Trinajstić information content (AvgIpc) is 3.40. The Balaban J connectivity index is 0.00000112. The topological polar surface area (TPSA) is 85.8 Å². The zero-order valence-electron chi connectivity index (χ0n) is 24.1. The van der Waals surface area contributed by atoms with Gasteiger partial charge >= 0.3 is 0 Å². The summed E-state index contributed by atoms with van der Waals surface area (Å²) in [6.07, 6.45) is 0.164. The monoisotopic (exact) mass is 466 g/mol. The van der Waals surface area contributed by atoms with Crippen molar-refractivity contribution in [3.63, 3.8) is 0 Å². The molecular weight excluding hydrogens is 436 g/mol. The third-order valence-corrected chi connectivity index (χ3v) is 5.83. The quantitative estimate of drug-likeness (QED) is 0.572. The Labute approximate surface area is 200 Å². The minimum absolute atomic E-state index is 0.00507. The van der Waals surface area contributed by atoms with Gasteiger partial charge in [-0.25, -0.2) is 0 Å². The molecule has 0 radical (unpaired) electrons. The van der Waals surface area contributed by atoms with Gasteiger partial charge in [-0.15, -0.1) is 0 Å². The van der Waals surface area contributed by atoms with E-state index in [0.29, 0.717) is 36.7 Å². The number of hydrogen-bond donors (Lipinski definition) is 2. The first-order valence-electron chi connectivity index (χ1n) is 13.2. The number of nitrogens with one attached hydrogen (secondary N) is 1. The Kier molecular flexibility index (Phi) is 4.25. The Morgan fingerprint density at radius 3 is 2.77 bits per heavy atom. The van der Waals surface area contributed by atoms with E-state index in [1.54, 1.807) is 36.4 Å². The van der Waals surface area contributed by atoms with Crippen molar-refractivity contribution in [3.05, 3.63) is 52.5 Å². The number of rotatable bonds is 4. The molecule has 1 aromatic heterocycles. The summed E-state index contributed by atoms with van der Waals surface area (Å²) in [5.41, 5.74) is 1.81.